The molecular weight excluding hydrogens is 268 g/mol. The predicted molar refractivity (Wildman–Crippen MR) is 82.9 cm³/mol. The van der Waals surface area contributed by atoms with Crippen LogP contribution in [-0.2, 0) is 4.74 Å². The minimum atomic E-state index is -0.0869. The number of nitrogens with two attached hydrogens (primary N) is 1. The summed E-state index contributed by atoms with van der Waals surface area (Å²) in [7, 11) is 3.30. The lowest BCUT2D eigenvalue weighted by Crippen LogP contribution is -2.41. The molecule has 0 aromatic heterocycles. The van der Waals surface area contributed by atoms with E-state index >= 15 is 0 Å². The van der Waals surface area contributed by atoms with Crippen molar-refractivity contribution in [3.63, 3.8) is 0 Å². The molecule has 0 amide bonds. The Morgan fingerprint density at radius 2 is 1.95 bits per heavy atom. The van der Waals surface area contributed by atoms with Gasteiger partial charge in [0.15, 0.2) is 0 Å². The third-order valence-electron chi connectivity index (χ3n) is 4.03. The second-order valence-electron chi connectivity index (χ2n) is 5.72. The van der Waals surface area contributed by atoms with Gasteiger partial charge < -0.3 is 25.3 Å². The van der Waals surface area contributed by atoms with Gasteiger partial charge in [-0.05, 0) is 37.5 Å². The van der Waals surface area contributed by atoms with Gasteiger partial charge in [-0.15, -0.1) is 0 Å². The molecule has 5 heteroatoms. The summed E-state index contributed by atoms with van der Waals surface area (Å²) in [6.45, 7) is 4.28. The normalized spacial score (nSPS) is 23.0. The molecule has 2 unspecified atom stereocenters. The summed E-state index contributed by atoms with van der Waals surface area (Å²) in [5, 5.41) is 3.51. The van der Waals surface area contributed by atoms with Crippen LogP contribution in [0.3, 0.4) is 0 Å². The van der Waals surface area contributed by atoms with Crippen molar-refractivity contribution < 1.29 is 14.2 Å². The van der Waals surface area contributed by atoms with E-state index in [2.05, 4.69) is 12.2 Å². The Morgan fingerprint density at radius 3 is 2.43 bits per heavy atom. The van der Waals surface area contributed by atoms with E-state index in [4.69, 9.17) is 19.9 Å². The maximum Gasteiger partial charge on any atom is 0.122 e. The number of hydrogen-bond acceptors (Lipinski definition) is 5. The molecule has 1 aliphatic rings. The fourth-order valence-corrected chi connectivity index (χ4v) is 2.68. The van der Waals surface area contributed by atoms with Crippen LogP contribution in [0.5, 0.6) is 11.5 Å². The van der Waals surface area contributed by atoms with E-state index in [1.807, 2.05) is 18.2 Å². The van der Waals surface area contributed by atoms with Crippen molar-refractivity contribution in [3.05, 3.63) is 23.8 Å². The summed E-state index contributed by atoms with van der Waals surface area (Å²) in [6, 6.07) is 5.89. The first-order chi connectivity index (χ1) is 10.1. The first-order valence-corrected chi connectivity index (χ1v) is 7.40. The van der Waals surface area contributed by atoms with Gasteiger partial charge in [-0.25, -0.2) is 0 Å². The minimum Gasteiger partial charge on any atom is -0.497 e. The van der Waals surface area contributed by atoms with Gasteiger partial charge in [0, 0.05) is 31.8 Å². The summed E-state index contributed by atoms with van der Waals surface area (Å²) >= 11 is 0. The summed E-state index contributed by atoms with van der Waals surface area (Å²) in [4.78, 5) is 0. The maximum absolute atomic E-state index is 5.93. The van der Waals surface area contributed by atoms with Gasteiger partial charge in [0.05, 0.1) is 19.8 Å². The van der Waals surface area contributed by atoms with Crippen LogP contribution in [0.4, 0.5) is 0 Å². The van der Waals surface area contributed by atoms with Crippen molar-refractivity contribution in [3.8, 4) is 11.5 Å². The molecule has 1 heterocycles. The summed E-state index contributed by atoms with van der Waals surface area (Å²) in [5.74, 6) is 1.54. The van der Waals surface area contributed by atoms with E-state index in [1.165, 1.54) is 0 Å². The lowest BCUT2D eigenvalue weighted by molar-refractivity contribution is 0.0189. The summed E-state index contributed by atoms with van der Waals surface area (Å²) < 4.78 is 16.4. The SMILES string of the molecule is COc1cc(OC)cc(C(CN)NCC2(C)CCCO2)c1. The van der Waals surface area contributed by atoms with Crippen LogP contribution < -0.4 is 20.5 Å². The Morgan fingerprint density at radius 1 is 1.29 bits per heavy atom. The van der Waals surface area contributed by atoms with Gasteiger partial charge >= 0.3 is 0 Å². The van der Waals surface area contributed by atoms with E-state index in [1.54, 1.807) is 14.2 Å². The Labute approximate surface area is 126 Å². The Balaban J connectivity index is 2.09. The first-order valence-electron chi connectivity index (χ1n) is 7.40. The lowest BCUT2D eigenvalue weighted by Gasteiger charge is -2.27. The lowest BCUT2D eigenvalue weighted by atomic mass is 10.0. The van der Waals surface area contributed by atoms with Crippen molar-refractivity contribution in [2.75, 3.05) is 33.9 Å². The molecule has 0 bridgehead atoms. The van der Waals surface area contributed by atoms with Gasteiger partial charge in [-0.3, -0.25) is 0 Å². The van der Waals surface area contributed by atoms with Crippen LogP contribution in [0, 0.1) is 0 Å². The van der Waals surface area contributed by atoms with Gasteiger partial charge in [-0.2, -0.15) is 0 Å². The molecular formula is C16H26N2O3. The number of nitrogens with one attached hydrogen (secondary N) is 1. The smallest absolute Gasteiger partial charge is 0.122 e. The van der Waals surface area contributed by atoms with E-state index < -0.39 is 0 Å². The maximum atomic E-state index is 5.93. The number of rotatable bonds is 7. The van der Waals surface area contributed by atoms with Crippen LogP contribution >= 0.6 is 0 Å². The highest BCUT2D eigenvalue weighted by Gasteiger charge is 2.30. The Kier molecular flexibility index (Phi) is 5.45. The van der Waals surface area contributed by atoms with Crippen molar-refractivity contribution in [2.45, 2.75) is 31.4 Å². The molecule has 3 N–H and O–H groups in total. The molecule has 2 atom stereocenters. The summed E-state index contributed by atoms with van der Waals surface area (Å²) in [5.41, 5.74) is 6.91. The number of benzene rings is 1. The minimum absolute atomic E-state index is 0.0509. The quantitative estimate of drug-likeness (QED) is 0.803. The molecule has 2 rings (SSSR count). The molecule has 1 aliphatic heterocycles. The second-order valence-corrected chi connectivity index (χ2v) is 5.72. The monoisotopic (exact) mass is 294 g/mol. The molecule has 0 spiro atoms. The van der Waals surface area contributed by atoms with E-state index in [9.17, 15) is 0 Å². The highest BCUT2D eigenvalue weighted by molar-refractivity contribution is 5.40. The predicted octanol–water partition coefficient (Wildman–Crippen LogP) is 1.86. The molecule has 1 saturated heterocycles. The van der Waals surface area contributed by atoms with Crippen molar-refractivity contribution >= 4 is 0 Å². The molecule has 1 aromatic carbocycles. The number of hydrogen-bond donors (Lipinski definition) is 2. The van der Waals surface area contributed by atoms with Gasteiger partial charge in [0.2, 0.25) is 0 Å². The standard InChI is InChI=1S/C16H26N2O3/c1-16(5-4-6-21-16)11-18-15(10-17)12-7-13(19-2)9-14(8-12)20-3/h7-9,15,18H,4-6,10-11,17H2,1-3H3. The molecule has 5 nitrogen and oxygen atoms in total. The number of ether oxygens (including phenoxy) is 3. The van der Waals surface area contributed by atoms with Crippen LogP contribution in [-0.4, -0.2) is 39.5 Å². The zero-order valence-corrected chi connectivity index (χ0v) is 13.1. The fraction of sp³-hybridized carbons (Fsp3) is 0.625. The molecule has 21 heavy (non-hydrogen) atoms. The van der Waals surface area contributed by atoms with Crippen LogP contribution in [0.1, 0.15) is 31.4 Å². The largest absolute Gasteiger partial charge is 0.497 e. The zero-order valence-electron chi connectivity index (χ0n) is 13.1. The number of methoxy groups -OCH3 is 2. The fourth-order valence-electron chi connectivity index (χ4n) is 2.68. The summed E-state index contributed by atoms with van der Waals surface area (Å²) in [6.07, 6.45) is 2.21. The zero-order chi connectivity index (χ0) is 15.3. The van der Waals surface area contributed by atoms with Crippen LogP contribution in [0.2, 0.25) is 0 Å². The molecule has 118 valence electrons. The Bertz CT molecular complexity index is 437. The van der Waals surface area contributed by atoms with E-state index in [0.29, 0.717) is 6.54 Å². The molecule has 1 aromatic rings. The molecule has 0 saturated carbocycles. The molecule has 0 radical (unpaired) electrons. The van der Waals surface area contributed by atoms with Crippen molar-refractivity contribution in [1.82, 2.24) is 5.32 Å². The van der Waals surface area contributed by atoms with Gasteiger partial charge in [0.1, 0.15) is 11.5 Å². The van der Waals surface area contributed by atoms with Crippen molar-refractivity contribution in [1.29, 1.82) is 0 Å². The highest BCUT2D eigenvalue weighted by atomic mass is 16.5. The Hall–Kier alpha value is -1.30. The third-order valence-corrected chi connectivity index (χ3v) is 4.03. The average Bonchev–Trinajstić information content (AvgIpc) is 2.94. The average molecular weight is 294 g/mol. The van der Waals surface area contributed by atoms with Crippen LogP contribution in [0.15, 0.2) is 18.2 Å². The van der Waals surface area contributed by atoms with Crippen molar-refractivity contribution in [2.24, 2.45) is 5.73 Å². The first kappa shape index (κ1) is 16.1. The third kappa shape index (κ3) is 4.09. The highest BCUT2D eigenvalue weighted by Crippen LogP contribution is 2.28. The topological polar surface area (TPSA) is 65.7 Å². The second kappa shape index (κ2) is 7.11. The molecule has 0 aliphatic carbocycles. The molecule has 1 fully saturated rings. The van der Waals surface area contributed by atoms with Gasteiger partial charge in [0.25, 0.3) is 0 Å². The van der Waals surface area contributed by atoms with Crippen LogP contribution in [0.25, 0.3) is 0 Å². The van der Waals surface area contributed by atoms with E-state index in [-0.39, 0.29) is 11.6 Å². The van der Waals surface area contributed by atoms with Gasteiger partial charge in [-0.1, -0.05) is 0 Å². The van der Waals surface area contributed by atoms with E-state index in [0.717, 1.165) is 43.1 Å².